The van der Waals surface area contributed by atoms with E-state index in [0.717, 1.165) is 6.07 Å². The molecule has 1 aliphatic heterocycles. The second-order valence-corrected chi connectivity index (χ2v) is 6.14. The molecular formula is C17H15F3N4O2. The summed E-state index contributed by atoms with van der Waals surface area (Å²) in [6.07, 6.45) is -4.52. The van der Waals surface area contributed by atoms with Gasteiger partial charge in [0.05, 0.1) is 35.9 Å². The van der Waals surface area contributed by atoms with Gasteiger partial charge in [-0.1, -0.05) is 0 Å². The molecule has 1 aliphatic rings. The van der Waals surface area contributed by atoms with E-state index in [1.165, 1.54) is 6.07 Å². The second-order valence-electron chi connectivity index (χ2n) is 6.14. The number of aryl methyl sites for hydroxylation is 1. The monoisotopic (exact) mass is 364 g/mol. The van der Waals surface area contributed by atoms with Crippen LogP contribution in [0.15, 0.2) is 30.3 Å². The Balaban J connectivity index is 1.73. The molecule has 0 amide bonds. The van der Waals surface area contributed by atoms with Crippen molar-refractivity contribution < 1.29 is 23.0 Å². The first kappa shape index (κ1) is 16.6. The number of phenolic OH excluding ortho intramolecular Hbond substituents is 1. The third-order valence-electron chi connectivity index (χ3n) is 4.30. The molecule has 3 aromatic rings. The standard InChI is InChI=1S/C17H15F3N4O2/c1-24-12-4-5-14(21-10-7-26-8-10)22-15(12)23-16(24)11-3-2-9(6-13(11)25)17(18,19)20/h2-6,10,25H,7-8H2,1H3,(H,21,22). The molecule has 0 bridgehead atoms. The summed E-state index contributed by atoms with van der Waals surface area (Å²) >= 11 is 0. The van der Waals surface area contributed by atoms with Crippen LogP contribution in [0.2, 0.25) is 0 Å². The zero-order valence-electron chi connectivity index (χ0n) is 13.7. The van der Waals surface area contributed by atoms with Gasteiger partial charge in [-0.2, -0.15) is 13.2 Å². The molecule has 4 rings (SSSR count). The minimum atomic E-state index is -4.52. The van der Waals surface area contributed by atoms with Gasteiger partial charge in [0.1, 0.15) is 17.4 Å². The highest BCUT2D eigenvalue weighted by Crippen LogP contribution is 2.36. The predicted molar refractivity (Wildman–Crippen MR) is 88.8 cm³/mol. The Morgan fingerprint density at radius 2 is 1.96 bits per heavy atom. The van der Waals surface area contributed by atoms with Crippen molar-refractivity contribution in [2.24, 2.45) is 7.05 Å². The van der Waals surface area contributed by atoms with Crippen LogP contribution in [-0.2, 0) is 18.0 Å². The molecule has 26 heavy (non-hydrogen) atoms. The minimum absolute atomic E-state index is 0.209. The number of hydrogen-bond acceptors (Lipinski definition) is 5. The maximum absolute atomic E-state index is 12.8. The van der Waals surface area contributed by atoms with Crippen molar-refractivity contribution in [1.82, 2.24) is 14.5 Å². The first-order valence-corrected chi connectivity index (χ1v) is 7.91. The van der Waals surface area contributed by atoms with E-state index >= 15 is 0 Å². The number of hydrogen-bond donors (Lipinski definition) is 2. The van der Waals surface area contributed by atoms with Crippen LogP contribution < -0.4 is 5.32 Å². The van der Waals surface area contributed by atoms with Crippen LogP contribution in [0.4, 0.5) is 19.0 Å². The molecule has 0 aliphatic carbocycles. The maximum atomic E-state index is 12.8. The number of halogens is 3. The molecule has 1 saturated heterocycles. The Bertz CT molecular complexity index is 980. The predicted octanol–water partition coefficient (Wildman–Crippen LogP) is 3.17. The van der Waals surface area contributed by atoms with E-state index in [-0.39, 0.29) is 11.6 Å². The number of anilines is 1. The number of benzene rings is 1. The van der Waals surface area contributed by atoms with Crippen molar-refractivity contribution in [2.75, 3.05) is 18.5 Å². The van der Waals surface area contributed by atoms with Crippen LogP contribution in [-0.4, -0.2) is 38.9 Å². The van der Waals surface area contributed by atoms with Gasteiger partial charge in [-0.3, -0.25) is 0 Å². The number of rotatable bonds is 3. The lowest BCUT2D eigenvalue weighted by Gasteiger charge is -2.27. The molecule has 0 unspecified atom stereocenters. The second kappa shape index (κ2) is 5.87. The summed E-state index contributed by atoms with van der Waals surface area (Å²) in [6.45, 7) is 1.24. The molecule has 2 N–H and O–H groups in total. The van der Waals surface area contributed by atoms with Gasteiger partial charge < -0.3 is 19.7 Å². The Morgan fingerprint density at radius 1 is 1.19 bits per heavy atom. The maximum Gasteiger partial charge on any atom is 0.416 e. The smallest absolute Gasteiger partial charge is 0.416 e. The van der Waals surface area contributed by atoms with Crippen molar-refractivity contribution in [1.29, 1.82) is 0 Å². The van der Waals surface area contributed by atoms with Gasteiger partial charge in [0.15, 0.2) is 5.65 Å². The van der Waals surface area contributed by atoms with Crippen molar-refractivity contribution in [3.63, 3.8) is 0 Å². The van der Waals surface area contributed by atoms with E-state index < -0.39 is 17.5 Å². The summed E-state index contributed by atoms with van der Waals surface area (Å²) in [5, 5.41) is 13.3. The normalized spacial score (nSPS) is 15.2. The molecule has 0 radical (unpaired) electrons. The number of nitrogens with one attached hydrogen (secondary N) is 1. The highest BCUT2D eigenvalue weighted by Gasteiger charge is 2.31. The van der Waals surface area contributed by atoms with Gasteiger partial charge in [-0.25, -0.2) is 9.97 Å². The molecule has 2 aromatic heterocycles. The fraction of sp³-hybridized carbons (Fsp3) is 0.294. The Labute approximate surface area is 146 Å². The molecule has 9 heteroatoms. The number of pyridine rings is 1. The number of nitrogens with zero attached hydrogens (tertiary/aromatic N) is 3. The largest absolute Gasteiger partial charge is 0.507 e. The Hall–Kier alpha value is -2.81. The van der Waals surface area contributed by atoms with Crippen molar-refractivity contribution in [2.45, 2.75) is 12.2 Å². The SMILES string of the molecule is Cn1c(-c2ccc(C(F)(F)F)cc2O)nc2nc(NC3COC3)ccc21. The first-order chi connectivity index (χ1) is 12.3. The highest BCUT2D eigenvalue weighted by atomic mass is 19.4. The van der Waals surface area contributed by atoms with Gasteiger partial charge >= 0.3 is 6.18 Å². The summed E-state index contributed by atoms with van der Waals surface area (Å²) in [7, 11) is 1.72. The Morgan fingerprint density at radius 3 is 2.58 bits per heavy atom. The molecule has 136 valence electrons. The minimum Gasteiger partial charge on any atom is -0.507 e. The summed E-state index contributed by atoms with van der Waals surface area (Å²) in [6, 6.07) is 6.67. The number of ether oxygens (including phenoxy) is 1. The topological polar surface area (TPSA) is 72.2 Å². The van der Waals surface area contributed by atoms with E-state index in [4.69, 9.17) is 4.74 Å². The molecule has 0 saturated carbocycles. The summed E-state index contributed by atoms with van der Waals surface area (Å²) in [4.78, 5) is 8.82. The van der Waals surface area contributed by atoms with Gasteiger partial charge in [0.2, 0.25) is 0 Å². The van der Waals surface area contributed by atoms with Crippen LogP contribution in [0, 0.1) is 0 Å². The van der Waals surface area contributed by atoms with Crippen molar-refractivity contribution in [3.05, 3.63) is 35.9 Å². The average Bonchev–Trinajstić information content (AvgIpc) is 2.86. The third kappa shape index (κ3) is 2.84. The number of imidazole rings is 1. The molecule has 0 atom stereocenters. The van der Waals surface area contributed by atoms with Gasteiger partial charge in [-0.15, -0.1) is 0 Å². The molecule has 0 spiro atoms. The lowest BCUT2D eigenvalue weighted by Crippen LogP contribution is -2.40. The summed E-state index contributed by atoms with van der Waals surface area (Å²) in [5.41, 5.74) is 0.437. The number of aromatic nitrogens is 3. The average molecular weight is 364 g/mol. The molecule has 3 heterocycles. The Kier molecular flexibility index (Phi) is 3.76. The molecule has 1 aromatic carbocycles. The zero-order chi connectivity index (χ0) is 18.5. The van der Waals surface area contributed by atoms with Gasteiger partial charge in [-0.05, 0) is 30.3 Å². The van der Waals surface area contributed by atoms with Crippen LogP contribution in [0.1, 0.15) is 5.56 Å². The number of phenols is 1. The van der Waals surface area contributed by atoms with Crippen LogP contribution in [0.25, 0.3) is 22.6 Å². The van der Waals surface area contributed by atoms with Crippen LogP contribution >= 0.6 is 0 Å². The molecular weight excluding hydrogens is 349 g/mol. The van der Waals surface area contributed by atoms with Crippen molar-refractivity contribution >= 4 is 17.0 Å². The third-order valence-corrected chi connectivity index (χ3v) is 4.30. The van der Waals surface area contributed by atoms with E-state index in [0.29, 0.717) is 42.1 Å². The fourth-order valence-electron chi connectivity index (χ4n) is 2.82. The lowest BCUT2D eigenvalue weighted by atomic mass is 10.1. The zero-order valence-corrected chi connectivity index (χ0v) is 13.7. The quantitative estimate of drug-likeness (QED) is 0.747. The van der Waals surface area contributed by atoms with E-state index in [1.807, 2.05) is 6.07 Å². The number of alkyl halides is 3. The van der Waals surface area contributed by atoms with Crippen LogP contribution in [0.3, 0.4) is 0 Å². The highest BCUT2D eigenvalue weighted by molar-refractivity contribution is 5.80. The van der Waals surface area contributed by atoms with Gasteiger partial charge in [0, 0.05) is 7.05 Å². The van der Waals surface area contributed by atoms with E-state index in [2.05, 4.69) is 15.3 Å². The van der Waals surface area contributed by atoms with Crippen LogP contribution in [0.5, 0.6) is 5.75 Å². The van der Waals surface area contributed by atoms with E-state index in [1.54, 1.807) is 17.7 Å². The number of aromatic hydroxyl groups is 1. The summed E-state index contributed by atoms with van der Waals surface area (Å²) in [5.74, 6) is 0.498. The molecule has 1 fully saturated rings. The number of fused-ring (bicyclic) bond motifs is 1. The lowest BCUT2D eigenvalue weighted by molar-refractivity contribution is -0.137. The summed E-state index contributed by atoms with van der Waals surface area (Å²) < 4.78 is 45.1. The van der Waals surface area contributed by atoms with E-state index in [9.17, 15) is 18.3 Å². The van der Waals surface area contributed by atoms with Crippen molar-refractivity contribution in [3.8, 4) is 17.1 Å². The van der Waals surface area contributed by atoms with Gasteiger partial charge in [0.25, 0.3) is 0 Å². The fourth-order valence-corrected chi connectivity index (χ4v) is 2.82. The first-order valence-electron chi connectivity index (χ1n) is 7.91. The molecule has 6 nitrogen and oxygen atoms in total.